The molecule has 0 bridgehead atoms. The maximum absolute atomic E-state index is 13.3. The molecule has 4 rings (SSSR count). The highest BCUT2D eigenvalue weighted by atomic mass is 19.4. The van der Waals surface area contributed by atoms with Gasteiger partial charge < -0.3 is 4.74 Å². The van der Waals surface area contributed by atoms with Gasteiger partial charge in [0.2, 0.25) is 11.8 Å². The fourth-order valence-electron chi connectivity index (χ4n) is 4.28. The van der Waals surface area contributed by atoms with Gasteiger partial charge in [0.25, 0.3) is 0 Å². The van der Waals surface area contributed by atoms with E-state index in [9.17, 15) is 27.6 Å². The van der Waals surface area contributed by atoms with E-state index in [1.807, 2.05) is 0 Å². The maximum Gasteiger partial charge on any atom is 0.416 e. The predicted molar refractivity (Wildman–Crippen MR) is 104 cm³/mol. The Morgan fingerprint density at radius 1 is 1.00 bits per heavy atom. The van der Waals surface area contributed by atoms with Crippen molar-refractivity contribution in [3.8, 4) is 0 Å². The van der Waals surface area contributed by atoms with Crippen molar-refractivity contribution in [2.75, 3.05) is 11.5 Å². The Morgan fingerprint density at radius 3 is 2.19 bits per heavy atom. The monoisotopic (exact) mass is 432 g/mol. The molecule has 0 aliphatic carbocycles. The molecule has 9 heteroatoms. The van der Waals surface area contributed by atoms with Crippen molar-refractivity contribution in [1.29, 1.82) is 0 Å². The third-order valence-corrected chi connectivity index (χ3v) is 5.63. The Morgan fingerprint density at radius 2 is 1.61 bits per heavy atom. The van der Waals surface area contributed by atoms with Gasteiger partial charge in [-0.2, -0.15) is 13.2 Å². The lowest BCUT2D eigenvalue weighted by atomic mass is 9.86. The maximum atomic E-state index is 13.3. The van der Waals surface area contributed by atoms with E-state index in [4.69, 9.17) is 4.74 Å². The van der Waals surface area contributed by atoms with E-state index in [1.165, 1.54) is 12.1 Å². The van der Waals surface area contributed by atoms with Crippen LogP contribution in [0.5, 0.6) is 0 Å². The molecular weight excluding hydrogens is 413 g/mol. The van der Waals surface area contributed by atoms with E-state index in [-0.39, 0.29) is 6.61 Å². The molecule has 2 aromatic carbocycles. The number of halogens is 3. The van der Waals surface area contributed by atoms with Gasteiger partial charge in [-0.25, -0.2) is 4.90 Å². The number of carbonyl (C=O) groups excluding carboxylic acids is 3. The summed E-state index contributed by atoms with van der Waals surface area (Å²) in [6.45, 7) is 1.71. The van der Waals surface area contributed by atoms with Crippen LogP contribution in [0.3, 0.4) is 0 Å². The molecule has 2 aromatic rings. The van der Waals surface area contributed by atoms with E-state index in [2.05, 4.69) is 5.32 Å². The second-order valence-corrected chi connectivity index (χ2v) is 7.39. The zero-order chi connectivity index (χ0) is 22.3. The van der Waals surface area contributed by atoms with Crippen LogP contribution in [-0.2, 0) is 25.3 Å². The van der Waals surface area contributed by atoms with Crippen LogP contribution in [0.1, 0.15) is 24.1 Å². The average molecular weight is 432 g/mol. The first kappa shape index (κ1) is 21.0. The number of amides is 2. The molecule has 0 saturated carbocycles. The summed E-state index contributed by atoms with van der Waals surface area (Å²) >= 11 is 0. The van der Waals surface area contributed by atoms with Crippen LogP contribution >= 0.6 is 0 Å². The first-order valence-corrected chi connectivity index (χ1v) is 9.76. The van der Waals surface area contributed by atoms with Crippen molar-refractivity contribution < 1.29 is 32.3 Å². The molecule has 162 valence electrons. The molecule has 1 N–H and O–H groups in total. The molecule has 0 unspecified atom stereocenters. The lowest BCUT2D eigenvalue weighted by Gasteiger charge is -2.22. The quantitative estimate of drug-likeness (QED) is 0.594. The second-order valence-electron chi connectivity index (χ2n) is 7.39. The Bertz CT molecular complexity index is 1010. The van der Waals surface area contributed by atoms with Crippen LogP contribution in [0.15, 0.2) is 54.6 Å². The van der Waals surface area contributed by atoms with Crippen molar-refractivity contribution in [1.82, 2.24) is 5.32 Å². The van der Waals surface area contributed by atoms with Crippen molar-refractivity contribution in [2.45, 2.75) is 25.2 Å². The summed E-state index contributed by atoms with van der Waals surface area (Å²) in [5.41, 5.74) is -0.0704. The number of fused-ring (bicyclic) bond motifs is 1. The summed E-state index contributed by atoms with van der Waals surface area (Å²) in [5, 5.41) is 2.96. The minimum atomic E-state index is -4.50. The van der Waals surface area contributed by atoms with Gasteiger partial charge in [0.05, 0.1) is 29.7 Å². The Hall–Kier alpha value is -3.20. The van der Waals surface area contributed by atoms with Crippen molar-refractivity contribution in [2.24, 2.45) is 11.8 Å². The standard InChI is InChI=1S/C22H19F3N2O4/c1-2-31-21(30)18-16-15(19(28)27(20(16)29)14-6-4-3-5-7-14)17(26-18)12-8-10-13(11-9-12)22(23,24)25/h3-11,15-18,26H,2H2,1H3/t15-,16+,17-,18-/m0/s1. The predicted octanol–water partition coefficient (Wildman–Crippen LogP) is 3.09. The molecule has 2 amide bonds. The number of alkyl halides is 3. The molecule has 0 spiro atoms. The van der Waals surface area contributed by atoms with Gasteiger partial charge in [-0.15, -0.1) is 0 Å². The molecule has 2 fully saturated rings. The van der Waals surface area contributed by atoms with E-state index in [0.717, 1.165) is 17.0 Å². The van der Waals surface area contributed by atoms with Crippen molar-refractivity contribution >= 4 is 23.5 Å². The van der Waals surface area contributed by atoms with E-state index >= 15 is 0 Å². The number of benzene rings is 2. The first-order chi connectivity index (χ1) is 14.7. The highest BCUT2D eigenvalue weighted by molar-refractivity contribution is 6.23. The number of anilines is 1. The molecule has 0 aromatic heterocycles. The third-order valence-electron chi connectivity index (χ3n) is 5.63. The number of hydrogen-bond donors (Lipinski definition) is 1. The van der Waals surface area contributed by atoms with Gasteiger partial charge in [-0.1, -0.05) is 30.3 Å². The summed E-state index contributed by atoms with van der Waals surface area (Å²) in [6.07, 6.45) is -4.50. The van der Waals surface area contributed by atoms with Gasteiger partial charge in [0.15, 0.2) is 0 Å². The molecule has 2 aliphatic heterocycles. The highest BCUT2D eigenvalue weighted by Crippen LogP contribution is 2.45. The lowest BCUT2D eigenvalue weighted by Crippen LogP contribution is -2.44. The normalized spacial score (nSPS) is 25.6. The molecule has 0 radical (unpaired) electrons. The van der Waals surface area contributed by atoms with Crippen molar-refractivity contribution in [3.63, 3.8) is 0 Å². The molecule has 4 atom stereocenters. The van der Waals surface area contributed by atoms with Gasteiger partial charge in [-0.3, -0.25) is 19.7 Å². The molecule has 2 heterocycles. The SMILES string of the molecule is CCOC(=O)[C@H]1N[C@@H](c2ccc(C(F)(F)F)cc2)[C@H]2C(=O)N(c3ccccc3)C(=O)[C@H]21. The molecule has 2 saturated heterocycles. The zero-order valence-electron chi connectivity index (χ0n) is 16.4. The van der Waals surface area contributed by atoms with Gasteiger partial charge in [-0.05, 0) is 36.8 Å². The fraction of sp³-hybridized carbons (Fsp3) is 0.318. The first-order valence-electron chi connectivity index (χ1n) is 9.76. The summed E-state index contributed by atoms with van der Waals surface area (Å²) < 4.78 is 43.9. The number of esters is 1. The van der Waals surface area contributed by atoms with E-state index < -0.39 is 53.4 Å². The number of ether oxygens (including phenoxy) is 1. The minimum Gasteiger partial charge on any atom is -0.465 e. The van der Waals surface area contributed by atoms with E-state index in [0.29, 0.717) is 11.3 Å². The number of imide groups is 1. The number of para-hydroxylation sites is 1. The molecule has 2 aliphatic rings. The average Bonchev–Trinajstić information content (AvgIpc) is 3.25. The zero-order valence-corrected chi connectivity index (χ0v) is 16.4. The Labute approximate surface area is 176 Å². The lowest BCUT2D eigenvalue weighted by molar-refractivity contribution is -0.148. The van der Waals surface area contributed by atoms with Crippen LogP contribution in [0.4, 0.5) is 18.9 Å². The third kappa shape index (κ3) is 3.59. The number of nitrogens with one attached hydrogen (secondary N) is 1. The van der Waals surface area contributed by atoms with E-state index in [1.54, 1.807) is 37.3 Å². The Balaban J connectivity index is 1.73. The van der Waals surface area contributed by atoms with Crippen LogP contribution in [0.25, 0.3) is 0 Å². The fourth-order valence-corrected chi connectivity index (χ4v) is 4.28. The number of hydrogen-bond acceptors (Lipinski definition) is 5. The Kier molecular flexibility index (Phi) is 5.30. The smallest absolute Gasteiger partial charge is 0.416 e. The summed E-state index contributed by atoms with van der Waals surface area (Å²) in [4.78, 5) is 40.0. The molecule has 31 heavy (non-hydrogen) atoms. The van der Waals surface area contributed by atoms with Gasteiger partial charge in [0, 0.05) is 6.04 Å². The van der Waals surface area contributed by atoms with Gasteiger partial charge in [0.1, 0.15) is 6.04 Å². The molecule has 6 nitrogen and oxygen atoms in total. The summed E-state index contributed by atoms with van der Waals surface area (Å²) in [6, 6.07) is 10.8. The number of nitrogens with zero attached hydrogens (tertiary/aromatic N) is 1. The van der Waals surface area contributed by atoms with Crippen LogP contribution in [0, 0.1) is 11.8 Å². The number of carbonyl (C=O) groups is 3. The van der Waals surface area contributed by atoms with Crippen molar-refractivity contribution in [3.05, 3.63) is 65.7 Å². The summed E-state index contributed by atoms with van der Waals surface area (Å²) in [7, 11) is 0. The van der Waals surface area contributed by atoms with Crippen LogP contribution in [0.2, 0.25) is 0 Å². The van der Waals surface area contributed by atoms with Crippen LogP contribution in [-0.4, -0.2) is 30.4 Å². The second kappa shape index (κ2) is 7.81. The number of rotatable bonds is 4. The topological polar surface area (TPSA) is 75.7 Å². The minimum absolute atomic E-state index is 0.0872. The summed E-state index contributed by atoms with van der Waals surface area (Å²) in [5.74, 6) is -3.69. The highest BCUT2D eigenvalue weighted by Gasteiger charge is 2.61. The van der Waals surface area contributed by atoms with Crippen LogP contribution < -0.4 is 10.2 Å². The molecular formula is C22H19F3N2O4. The largest absolute Gasteiger partial charge is 0.465 e. The van der Waals surface area contributed by atoms with Gasteiger partial charge >= 0.3 is 12.1 Å².